The Kier molecular flexibility index (Phi) is 9.99. The third-order valence-corrected chi connectivity index (χ3v) is 4.78. The molecule has 2 rings (SSSR count). The first-order chi connectivity index (χ1) is 12.0. The van der Waals surface area contributed by atoms with Crippen LogP contribution in [0.4, 0.5) is 0 Å². The van der Waals surface area contributed by atoms with Gasteiger partial charge in [-0.1, -0.05) is 26.0 Å². The Morgan fingerprint density at radius 3 is 2.42 bits per heavy atom. The third-order valence-electron chi connectivity index (χ3n) is 4.78. The number of nitrogens with two attached hydrogens (primary N) is 1. The molecule has 0 radical (unpaired) electrons. The Hall–Kier alpha value is -1.30. The first-order valence-corrected chi connectivity index (χ1v) is 9.34. The lowest BCUT2D eigenvalue weighted by atomic mass is 9.91. The van der Waals surface area contributed by atoms with E-state index in [1.54, 1.807) is 0 Å². The van der Waals surface area contributed by atoms with Gasteiger partial charge < -0.3 is 20.5 Å². The van der Waals surface area contributed by atoms with E-state index in [2.05, 4.69) is 19.2 Å². The second-order valence-electron chi connectivity index (χ2n) is 7.31. The predicted molar refractivity (Wildman–Crippen MR) is 107 cm³/mol. The van der Waals surface area contributed by atoms with Crippen LogP contribution < -0.4 is 15.8 Å². The summed E-state index contributed by atoms with van der Waals surface area (Å²) in [5.41, 5.74) is 7.18. The van der Waals surface area contributed by atoms with Crippen molar-refractivity contribution in [1.29, 1.82) is 0 Å². The first kappa shape index (κ1) is 22.7. The van der Waals surface area contributed by atoms with E-state index in [1.165, 1.54) is 0 Å². The third kappa shape index (κ3) is 7.14. The first-order valence-electron chi connectivity index (χ1n) is 9.34. The molecule has 0 bridgehead atoms. The molecule has 1 aromatic rings. The summed E-state index contributed by atoms with van der Waals surface area (Å²) in [5.74, 6) is 1.62. The number of amides is 1. The number of carbonyl (C=O) groups excluding carboxylic acids is 1. The summed E-state index contributed by atoms with van der Waals surface area (Å²) in [6, 6.07) is 7.35. The van der Waals surface area contributed by atoms with E-state index in [1.807, 2.05) is 31.2 Å². The Morgan fingerprint density at radius 1 is 1.23 bits per heavy atom. The number of carbonyl (C=O) groups is 1. The molecule has 1 fully saturated rings. The fraction of sp³-hybridized carbons (Fsp3) is 0.650. The lowest BCUT2D eigenvalue weighted by molar-refractivity contribution is -0.125. The minimum atomic E-state index is -0.468. The van der Waals surface area contributed by atoms with Gasteiger partial charge in [0.2, 0.25) is 5.91 Å². The zero-order valence-corrected chi connectivity index (χ0v) is 16.9. The van der Waals surface area contributed by atoms with Gasteiger partial charge in [-0.05, 0) is 55.7 Å². The SMILES string of the molecule is CC(C)CCOc1ccc(C(C)NC(=O)C(N)C2CCOCC2)cc1.Cl. The average molecular weight is 385 g/mol. The maximum absolute atomic E-state index is 12.4. The van der Waals surface area contributed by atoms with Crippen molar-refractivity contribution in [3.05, 3.63) is 29.8 Å². The van der Waals surface area contributed by atoms with E-state index < -0.39 is 6.04 Å². The van der Waals surface area contributed by atoms with Crippen LogP contribution in [-0.4, -0.2) is 31.8 Å². The van der Waals surface area contributed by atoms with Crippen LogP contribution >= 0.6 is 12.4 Å². The van der Waals surface area contributed by atoms with E-state index in [0.29, 0.717) is 19.1 Å². The molecule has 2 unspecified atom stereocenters. The topological polar surface area (TPSA) is 73.6 Å². The van der Waals surface area contributed by atoms with Crippen molar-refractivity contribution in [3.8, 4) is 5.75 Å². The highest BCUT2D eigenvalue weighted by Gasteiger charge is 2.27. The van der Waals surface area contributed by atoms with Crippen LogP contribution in [-0.2, 0) is 9.53 Å². The van der Waals surface area contributed by atoms with E-state index in [9.17, 15) is 4.79 Å². The van der Waals surface area contributed by atoms with Crippen molar-refractivity contribution in [2.45, 2.75) is 52.1 Å². The molecule has 0 aromatic heterocycles. The number of hydrogen-bond donors (Lipinski definition) is 2. The largest absolute Gasteiger partial charge is 0.494 e. The molecule has 1 aliphatic rings. The van der Waals surface area contributed by atoms with E-state index in [0.717, 1.165) is 37.2 Å². The van der Waals surface area contributed by atoms with Gasteiger partial charge >= 0.3 is 0 Å². The number of benzene rings is 1. The summed E-state index contributed by atoms with van der Waals surface area (Å²) < 4.78 is 11.1. The standard InChI is InChI=1S/C20H32N2O3.ClH/c1-14(2)8-13-25-18-6-4-16(5-7-18)15(3)22-20(23)19(21)17-9-11-24-12-10-17;/h4-7,14-15,17,19H,8-13,21H2,1-3H3,(H,22,23);1H. The maximum atomic E-state index is 12.4. The molecule has 1 heterocycles. The van der Waals surface area contributed by atoms with Gasteiger partial charge in [-0.25, -0.2) is 0 Å². The summed E-state index contributed by atoms with van der Waals surface area (Å²) >= 11 is 0. The smallest absolute Gasteiger partial charge is 0.237 e. The lowest BCUT2D eigenvalue weighted by Gasteiger charge is -2.28. The van der Waals surface area contributed by atoms with Crippen molar-refractivity contribution in [1.82, 2.24) is 5.32 Å². The second kappa shape index (κ2) is 11.4. The molecule has 0 aliphatic carbocycles. The maximum Gasteiger partial charge on any atom is 0.237 e. The molecule has 1 saturated heterocycles. The average Bonchev–Trinajstić information content (AvgIpc) is 2.62. The van der Waals surface area contributed by atoms with Crippen molar-refractivity contribution in [2.24, 2.45) is 17.6 Å². The minimum Gasteiger partial charge on any atom is -0.494 e. The van der Waals surface area contributed by atoms with Crippen LogP contribution in [0.1, 0.15) is 51.6 Å². The molecule has 1 aliphatic heterocycles. The zero-order valence-electron chi connectivity index (χ0n) is 16.1. The summed E-state index contributed by atoms with van der Waals surface area (Å²) in [5, 5.41) is 3.03. The zero-order chi connectivity index (χ0) is 18.2. The monoisotopic (exact) mass is 384 g/mol. The fourth-order valence-electron chi connectivity index (χ4n) is 2.95. The summed E-state index contributed by atoms with van der Waals surface area (Å²) in [4.78, 5) is 12.4. The van der Waals surface area contributed by atoms with Crippen molar-refractivity contribution >= 4 is 18.3 Å². The minimum absolute atomic E-state index is 0. The quantitative estimate of drug-likeness (QED) is 0.719. The van der Waals surface area contributed by atoms with Crippen LogP contribution in [0.25, 0.3) is 0 Å². The molecule has 148 valence electrons. The molecule has 5 nitrogen and oxygen atoms in total. The molecule has 1 aromatic carbocycles. The van der Waals surface area contributed by atoms with Gasteiger partial charge in [-0.15, -0.1) is 12.4 Å². The van der Waals surface area contributed by atoms with Gasteiger partial charge in [-0.2, -0.15) is 0 Å². The van der Waals surface area contributed by atoms with Crippen LogP contribution in [0.5, 0.6) is 5.75 Å². The van der Waals surface area contributed by atoms with Crippen molar-refractivity contribution < 1.29 is 14.3 Å². The number of ether oxygens (including phenoxy) is 2. The van der Waals surface area contributed by atoms with Gasteiger partial charge in [0.15, 0.2) is 0 Å². The molecule has 3 N–H and O–H groups in total. The Morgan fingerprint density at radius 2 is 1.85 bits per heavy atom. The van der Waals surface area contributed by atoms with Crippen molar-refractivity contribution in [3.63, 3.8) is 0 Å². The molecular weight excluding hydrogens is 352 g/mol. The molecule has 0 spiro atoms. The van der Waals surface area contributed by atoms with Gasteiger partial charge in [0.25, 0.3) is 0 Å². The molecule has 1 amide bonds. The molecule has 6 heteroatoms. The van der Waals surface area contributed by atoms with Gasteiger partial charge in [0, 0.05) is 13.2 Å². The number of rotatable bonds is 8. The highest BCUT2D eigenvalue weighted by atomic mass is 35.5. The second-order valence-corrected chi connectivity index (χ2v) is 7.31. The number of hydrogen-bond acceptors (Lipinski definition) is 4. The summed E-state index contributed by atoms with van der Waals surface area (Å²) in [6.45, 7) is 8.45. The van der Waals surface area contributed by atoms with Crippen LogP contribution in [0.2, 0.25) is 0 Å². The summed E-state index contributed by atoms with van der Waals surface area (Å²) in [7, 11) is 0. The normalized spacial score (nSPS) is 17.3. The van der Waals surface area contributed by atoms with Gasteiger partial charge in [0.1, 0.15) is 5.75 Å². The molecular formula is C20H33ClN2O3. The van der Waals surface area contributed by atoms with Gasteiger partial charge in [0.05, 0.1) is 18.7 Å². The fourth-order valence-corrected chi connectivity index (χ4v) is 2.95. The van der Waals surface area contributed by atoms with E-state index in [-0.39, 0.29) is 30.3 Å². The Balaban J connectivity index is 0.00000338. The van der Waals surface area contributed by atoms with Crippen molar-refractivity contribution in [2.75, 3.05) is 19.8 Å². The lowest BCUT2D eigenvalue weighted by Crippen LogP contribution is -2.47. The Labute approximate surface area is 163 Å². The Bertz CT molecular complexity index is 530. The highest BCUT2D eigenvalue weighted by molar-refractivity contribution is 5.85. The van der Waals surface area contributed by atoms with Crippen LogP contribution in [0.3, 0.4) is 0 Å². The predicted octanol–water partition coefficient (Wildman–Crippen LogP) is 3.46. The molecule has 2 atom stereocenters. The molecule has 26 heavy (non-hydrogen) atoms. The van der Waals surface area contributed by atoms with Gasteiger partial charge in [-0.3, -0.25) is 4.79 Å². The van der Waals surface area contributed by atoms with Crippen LogP contribution in [0, 0.1) is 11.8 Å². The summed E-state index contributed by atoms with van der Waals surface area (Å²) in [6.07, 6.45) is 2.75. The van der Waals surface area contributed by atoms with E-state index >= 15 is 0 Å². The van der Waals surface area contributed by atoms with Crippen LogP contribution in [0.15, 0.2) is 24.3 Å². The van der Waals surface area contributed by atoms with E-state index in [4.69, 9.17) is 15.2 Å². The molecule has 0 saturated carbocycles. The number of nitrogens with one attached hydrogen (secondary N) is 1. The number of halogens is 1. The highest BCUT2D eigenvalue weighted by Crippen LogP contribution is 2.21.